The highest BCUT2D eigenvalue weighted by atomic mass is 16.3. The predicted molar refractivity (Wildman–Crippen MR) is 77.4 cm³/mol. The summed E-state index contributed by atoms with van der Waals surface area (Å²) >= 11 is 0. The molecule has 96 valence electrons. The molecule has 2 nitrogen and oxygen atoms in total. The predicted octanol–water partition coefficient (Wildman–Crippen LogP) is 3.91. The highest BCUT2D eigenvalue weighted by Gasteiger charge is 2.03. The Hall–Kier alpha value is -2.35. The van der Waals surface area contributed by atoms with Crippen LogP contribution in [0, 0.1) is 13.8 Å². The van der Waals surface area contributed by atoms with Crippen molar-refractivity contribution >= 4 is 11.9 Å². The number of aromatic hydroxyl groups is 1. The van der Waals surface area contributed by atoms with Gasteiger partial charge in [0.15, 0.2) is 5.78 Å². The van der Waals surface area contributed by atoms with E-state index in [-0.39, 0.29) is 11.5 Å². The zero-order valence-corrected chi connectivity index (χ0v) is 11.1. The Bertz CT molecular complexity index is 639. The molecular formula is C17H16O2. The van der Waals surface area contributed by atoms with E-state index in [4.69, 9.17) is 0 Å². The summed E-state index contributed by atoms with van der Waals surface area (Å²) in [7, 11) is 0. The number of ketones is 1. The molecule has 2 heteroatoms. The number of carbonyl (C=O) groups is 1. The maximum Gasteiger partial charge on any atom is 0.185 e. The minimum absolute atomic E-state index is 0.0357. The van der Waals surface area contributed by atoms with Crippen molar-refractivity contribution in [2.24, 2.45) is 0 Å². The minimum atomic E-state index is -0.0357. The van der Waals surface area contributed by atoms with Gasteiger partial charge in [0.2, 0.25) is 0 Å². The second-order valence-corrected chi connectivity index (χ2v) is 4.59. The first kappa shape index (κ1) is 13.1. The van der Waals surface area contributed by atoms with Gasteiger partial charge in [0.1, 0.15) is 5.75 Å². The van der Waals surface area contributed by atoms with Crippen LogP contribution in [-0.4, -0.2) is 10.9 Å². The molecule has 0 aliphatic heterocycles. The Labute approximate surface area is 113 Å². The van der Waals surface area contributed by atoms with Gasteiger partial charge >= 0.3 is 0 Å². The first-order valence-electron chi connectivity index (χ1n) is 6.15. The molecule has 0 atom stereocenters. The molecule has 0 radical (unpaired) electrons. The normalized spacial score (nSPS) is 10.8. The van der Waals surface area contributed by atoms with Crippen LogP contribution < -0.4 is 0 Å². The molecule has 1 N–H and O–H groups in total. The highest BCUT2D eigenvalue weighted by molar-refractivity contribution is 6.06. The summed E-state index contributed by atoms with van der Waals surface area (Å²) in [6.07, 6.45) is 3.23. The van der Waals surface area contributed by atoms with Crippen molar-refractivity contribution in [1.29, 1.82) is 0 Å². The van der Waals surface area contributed by atoms with Crippen molar-refractivity contribution in [3.05, 3.63) is 70.8 Å². The van der Waals surface area contributed by atoms with Crippen LogP contribution in [0.3, 0.4) is 0 Å². The van der Waals surface area contributed by atoms with Gasteiger partial charge in [0.05, 0.1) is 0 Å². The molecule has 2 aromatic rings. The SMILES string of the molecule is Cc1ccc(C(=O)/C=C/c2cccc(O)c2)cc1C. The van der Waals surface area contributed by atoms with E-state index < -0.39 is 0 Å². The monoisotopic (exact) mass is 252 g/mol. The maximum absolute atomic E-state index is 12.0. The average molecular weight is 252 g/mol. The van der Waals surface area contributed by atoms with E-state index in [2.05, 4.69) is 0 Å². The zero-order valence-electron chi connectivity index (χ0n) is 11.1. The van der Waals surface area contributed by atoms with Gasteiger partial charge in [-0.25, -0.2) is 0 Å². The summed E-state index contributed by atoms with van der Waals surface area (Å²) in [4.78, 5) is 12.0. The van der Waals surface area contributed by atoms with E-state index in [1.807, 2.05) is 38.1 Å². The lowest BCUT2D eigenvalue weighted by atomic mass is 10.0. The largest absolute Gasteiger partial charge is 0.508 e. The van der Waals surface area contributed by atoms with Crippen molar-refractivity contribution in [2.75, 3.05) is 0 Å². The molecule has 2 rings (SSSR count). The number of hydrogen-bond donors (Lipinski definition) is 1. The summed E-state index contributed by atoms with van der Waals surface area (Å²) < 4.78 is 0. The van der Waals surface area contributed by atoms with Crippen molar-refractivity contribution in [3.8, 4) is 5.75 Å². The summed E-state index contributed by atoms with van der Waals surface area (Å²) in [5, 5.41) is 9.34. The van der Waals surface area contributed by atoms with Gasteiger partial charge in [-0.3, -0.25) is 4.79 Å². The Morgan fingerprint density at radius 3 is 2.53 bits per heavy atom. The minimum Gasteiger partial charge on any atom is -0.508 e. The van der Waals surface area contributed by atoms with Crippen LogP contribution in [0.4, 0.5) is 0 Å². The number of benzene rings is 2. The second-order valence-electron chi connectivity index (χ2n) is 4.59. The maximum atomic E-state index is 12.0. The number of carbonyl (C=O) groups excluding carboxylic acids is 1. The molecule has 0 bridgehead atoms. The fourth-order valence-corrected chi connectivity index (χ4v) is 1.79. The molecule has 0 aliphatic rings. The third-order valence-corrected chi connectivity index (χ3v) is 3.09. The van der Waals surface area contributed by atoms with E-state index in [0.29, 0.717) is 5.56 Å². The van der Waals surface area contributed by atoms with E-state index in [0.717, 1.165) is 11.1 Å². The van der Waals surface area contributed by atoms with Gasteiger partial charge in [0.25, 0.3) is 0 Å². The van der Waals surface area contributed by atoms with Crippen LogP contribution in [0.5, 0.6) is 5.75 Å². The molecule has 0 spiro atoms. The number of aryl methyl sites for hydroxylation is 2. The van der Waals surface area contributed by atoms with Crippen molar-refractivity contribution in [2.45, 2.75) is 13.8 Å². The fourth-order valence-electron chi connectivity index (χ4n) is 1.79. The van der Waals surface area contributed by atoms with Crippen LogP contribution >= 0.6 is 0 Å². The number of allylic oxidation sites excluding steroid dienone is 1. The van der Waals surface area contributed by atoms with Gasteiger partial charge in [-0.2, -0.15) is 0 Å². The average Bonchev–Trinajstić information content (AvgIpc) is 2.39. The zero-order chi connectivity index (χ0) is 13.8. The van der Waals surface area contributed by atoms with Gasteiger partial charge in [-0.1, -0.05) is 30.3 Å². The lowest BCUT2D eigenvalue weighted by Crippen LogP contribution is -1.95. The van der Waals surface area contributed by atoms with E-state index in [9.17, 15) is 9.90 Å². The van der Waals surface area contributed by atoms with E-state index in [1.54, 1.807) is 24.3 Å². The standard InChI is InChI=1S/C17H16O2/c1-12-6-8-15(10-13(12)2)17(19)9-7-14-4-3-5-16(18)11-14/h3-11,18H,1-2H3/b9-7+. The van der Waals surface area contributed by atoms with Crippen LogP contribution in [0.25, 0.3) is 6.08 Å². The lowest BCUT2D eigenvalue weighted by molar-refractivity contribution is 0.104. The van der Waals surface area contributed by atoms with Gasteiger partial charge in [0, 0.05) is 5.56 Å². The van der Waals surface area contributed by atoms with Crippen molar-refractivity contribution < 1.29 is 9.90 Å². The van der Waals surface area contributed by atoms with Crippen molar-refractivity contribution in [3.63, 3.8) is 0 Å². The first-order valence-corrected chi connectivity index (χ1v) is 6.15. The molecule has 2 aromatic carbocycles. The smallest absolute Gasteiger partial charge is 0.185 e. The quantitative estimate of drug-likeness (QED) is 0.664. The summed E-state index contributed by atoms with van der Waals surface area (Å²) in [6, 6.07) is 12.5. The van der Waals surface area contributed by atoms with Crippen LogP contribution in [0.1, 0.15) is 27.0 Å². The fraction of sp³-hybridized carbons (Fsp3) is 0.118. The highest BCUT2D eigenvalue weighted by Crippen LogP contribution is 2.14. The Morgan fingerprint density at radius 2 is 1.84 bits per heavy atom. The van der Waals surface area contributed by atoms with E-state index in [1.165, 1.54) is 11.6 Å². The number of phenols is 1. The second kappa shape index (κ2) is 5.53. The number of hydrogen-bond acceptors (Lipinski definition) is 2. The third kappa shape index (κ3) is 3.32. The summed E-state index contributed by atoms with van der Waals surface area (Å²) in [6.45, 7) is 4.01. The molecule has 0 unspecified atom stereocenters. The molecule has 0 fully saturated rings. The van der Waals surface area contributed by atoms with Crippen LogP contribution in [0.2, 0.25) is 0 Å². The topological polar surface area (TPSA) is 37.3 Å². The molecule has 0 amide bonds. The molecule has 19 heavy (non-hydrogen) atoms. The van der Waals surface area contributed by atoms with Gasteiger partial charge < -0.3 is 5.11 Å². The Kier molecular flexibility index (Phi) is 3.81. The van der Waals surface area contributed by atoms with Crippen molar-refractivity contribution in [1.82, 2.24) is 0 Å². The summed E-state index contributed by atoms with van der Waals surface area (Å²) in [5.41, 5.74) is 3.77. The van der Waals surface area contributed by atoms with Crippen LogP contribution in [-0.2, 0) is 0 Å². The lowest BCUT2D eigenvalue weighted by Gasteiger charge is -2.02. The molecule has 0 aromatic heterocycles. The summed E-state index contributed by atoms with van der Waals surface area (Å²) in [5.74, 6) is 0.159. The molecule has 0 saturated heterocycles. The van der Waals surface area contributed by atoms with Gasteiger partial charge in [-0.05, 0) is 54.8 Å². The Balaban J connectivity index is 2.19. The Morgan fingerprint density at radius 1 is 1.05 bits per heavy atom. The van der Waals surface area contributed by atoms with E-state index >= 15 is 0 Å². The molecule has 0 aliphatic carbocycles. The van der Waals surface area contributed by atoms with Gasteiger partial charge in [-0.15, -0.1) is 0 Å². The molecular weight excluding hydrogens is 236 g/mol. The first-order chi connectivity index (χ1) is 9.06. The molecule has 0 saturated carbocycles. The number of rotatable bonds is 3. The number of phenolic OH excluding ortho intramolecular Hbond substituents is 1. The third-order valence-electron chi connectivity index (χ3n) is 3.09. The van der Waals surface area contributed by atoms with Crippen LogP contribution in [0.15, 0.2) is 48.5 Å². The molecule has 0 heterocycles.